The molecule has 0 bridgehead atoms. The van der Waals surface area contributed by atoms with Gasteiger partial charge in [-0.15, -0.1) is 0 Å². The second-order valence-electron chi connectivity index (χ2n) is 3.57. The molecule has 0 N–H and O–H groups in total. The fourth-order valence-corrected chi connectivity index (χ4v) is 1.94. The molecule has 0 spiro atoms. The van der Waals surface area contributed by atoms with Crippen molar-refractivity contribution in [3.63, 3.8) is 0 Å². The maximum Gasteiger partial charge on any atom is 0.204 e. The molecule has 1 aromatic carbocycles. The Morgan fingerprint density at radius 2 is 2.00 bits per heavy atom. The number of rotatable bonds is 1. The third-order valence-corrected chi connectivity index (χ3v) is 2.48. The number of fused-ring (bicyclic) bond motifs is 1. The average Bonchev–Trinajstić information content (AvgIpc) is 2.49. The van der Waals surface area contributed by atoms with E-state index in [-0.39, 0.29) is 16.8 Å². The molecule has 0 aliphatic rings. The molecule has 2 rings (SSSR count). The molecule has 15 heavy (non-hydrogen) atoms. The average molecular weight is 231 g/mol. The van der Waals surface area contributed by atoms with Crippen LogP contribution in [0, 0.1) is 11.6 Å². The summed E-state index contributed by atoms with van der Waals surface area (Å²) in [6.07, 6.45) is 0. The van der Waals surface area contributed by atoms with Crippen molar-refractivity contribution in [3.05, 3.63) is 29.1 Å². The van der Waals surface area contributed by atoms with Crippen LogP contribution in [0.4, 0.5) is 8.78 Å². The summed E-state index contributed by atoms with van der Waals surface area (Å²) in [5.41, 5.74) is 0.489. The molecule has 0 atom stereocenters. The minimum Gasteiger partial charge on any atom is -0.310 e. The van der Waals surface area contributed by atoms with Gasteiger partial charge in [0.25, 0.3) is 0 Å². The van der Waals surface area contributed by atoms with Gasteiger partial charge in [0.1, 0.15) is 5.52 Å². The molecule has 0 saturated heterocycles. The summed E-state index contributed by atoms with van der Waals surface area (Å²) in [7, 11) is 0. The highest BCUT2D eigenvalue weighted by Crippen LogP contribution is 2.27. The van der Waals surface area contributed by atoms with Crippen molar-refractivity contribution in [3.8, 4) is 0 Å². The molecule has 80 valence electrons. The van der Waals surface area contributed by atoms with E-state index in [0.29, 0.717) is 5.52 Å². The molecule has 2 nitrogen and oxygen atoms in total. The Morgan fingerprint density at radius 1 is 1.33 bits per heavy atom. The van der Waals surface area contributed by atoms with Crippen LogP contribution in [0.5, 0.6) is 0 Å². The predicted octanol–water partition coefficient (Wildman–Crippen LogP) is 3.55. The normalized spacial score (nSPS) is 11.6. The minimum atomic E-state index is -0.902. The predicted molar refractivity (Wildman–Crippen MR) is 55.0 cm³/mol. The zero-order valence-electron chi connectivity index (χ0n) is 8.26. The summed E-state index contributed by atoms with van der Waals surface area (Å²) < 4.78 is 28.0. The Labute approximate surface area is 90.5 Å². The number of aromatic nitrogens is 2. The Morgan fingerprint density at radius 3 is 2.60 bits per heavy atom. The first kappa shape index (κ1) is 10.4. The number of hydrogen-bond donors (Lipinski definition) is 0. The molecule has 0 amide bonds. The van der Waals surface area contributed by atoms with E-state index in [1.165, 1.54) is 10.6 Å². The molecule has 2 aromatic rings. The molecule has 1 aromatic heterocycles. The van der Waals surface area contributed by atoms with Crippen LogP contribution in [0.3, 0.4) is 0 Å². The van der Waals surface area contributed by atoms with E-state index in [2.05, 4.69) is 4.98 Å². The van der Waals surface area contributed by atoms with Crippen LogP contribution in [0.2, 0.25) is 5.28 Å². The SMILES string of the molecule is CC(C)n1c(Cl)nc2ccc(F)c(F)c21. The fraction of sp³-hybridized carbons (Fsp3) is 0.300. The highest BCUT2D eigenvalue weighted by atomic mass is 35.5. The van der Waals surface area contributed by atoms with E-state index in [1.807, 2.05) is 13.8 Å². The summed E-state index contributed by atoms with van der Waals surface area (Å²) in [6.45, 7) is 3.66. The van der Waals surface area contributed by atoms with Crippen LogP contribution in [0.25, 0.3) is 11.0 Å². The largest absolute Gasteiger partial charge is 0.310 e. The van der Waals surface area contributed by atoms with Gasteiger partial charge in [-0.3, -0.25) is 0 Å². The van der Waals surface area contributed by atoms with Crippen molar-refractivity contribution in [2.75, 3.05) is 0 Å². The van der Waals surface area contributed by atoms with Crippen molar-refractivity contribution >= 4 is 22.6 Å². The third-order valence-electron chi connectivity index (χ3n) is 2.22. The Balaban J connectivity index is 2.90. The van der Waals surface area contributed by atoms with Crippen LogP contribution < -0.4 is 0 Å². The number of imidazole rings is 1. The van der Waals surface area contributed by atoms with E-state index >= 15 is 0 Å². The standard InChI is InChI=1S/C10H9ClF2N2/c1-5(2)15-9-7(14-10(15)11)4-3-6(12)8(9)13/h3-5H,1-2H3. The Hall–Kier alpha value is -1.16. The number of halogens is 3. The van der Waals surface area contributed by atoms with Crippen LogP contribution >= 0.6 is 11.6 Å². The molecular formula is C10H9ClF2N2. The van der Waals surface area contributed by atoms with E-state index in [0.717, 1.165) is 6.07 Å². The van der Waals surface area contributed by atoms with Crippen molar-refractivity contribution in [2.45, 2.75) is 19.9 Å². The second-order valence-corrected chi connectivity index (χ2v) is 3.91. The van der Waals surface area contributed by atoms with Gasteiger partial charge < -0.3 is 4.57 Å². The van der Waals surface area contributed by atoms with Gasteiger partial charge in [0.15, 0.2) is 11.6 Å². The van der Waals surface area contributed by atoms with Crippen LogP contribution in [-0.2, 0) is 0 Å². The molecular weight excluding hydrogens is 222 g/mol. The summed E-state index contributed by atoms with van der Waals surface area (Å²) in [4.78, 5) is 3.96. The van der Waals surface area contributed by atoms with Crippen LogP contribution in [0.15, 0.2) is 12.1 Å². The van der Waals surface area contributed by atoms with Gasteiger partial charge >= 0.3 is 0 Å². The van der Waals surface area contributed by atoms with Crippen molar-refractivity contribution in [2.24, 2.45) is 0 Å². The smallest absolute Gasteiger partial charge is 0.204 e. The van der Waals surface area contributed by atoms with E-state index in [9.17, 15) is 8.78 Å². The first-order chi connectivity index (χ1) is 7.02. The molecule has 5 heteroatoms. The highest BCUT2D eigenvalue weighted by molar-refractivity contribution is 6.29. The van der Waals surface area contributed by atoms with Crippen molar-refractivity contribution in [1.82, 2.24) is 9.55 Å². The molecule has 0 saturated carbocycles. The lowest BCUT2D eigenvalue weighted by atomic mass is 10.2. The van der Waals surface area contributed by atoms with Crippen molar-refractivity contribution in [1.29, 1.82) is 0 Å². The summed E-state index contributed by atoms with van der Waals surface area (Å²) in [5.74, 6) is -1.79. The van der Waals surface area contributed by atoms with Crippen LogP contribution in [-0.4, -0.2) is 9.55 Å². The van der Waals surface area contributed by atoms with Gasteiger partial charge in [-0.05, 0) is 37.6 Å². The van der Waals surface area contributed by atoms with Crippen molar-refractivity contribution < 1.29 is 8.78 Å². The first-order valence-electron chi connectivity index (χ1n) is 4.53. The van der Waals surface area contributed by atoms with Crippen LogP contribution in [0.1, 0.15) is 19.9 Å². The molecule has 0 unspecified atom stereocenters. The van der Waals surface area contributed by atoms with Gasteiger partial charge in [-0.2, -0.15) is 0 Å². The van der Waals surface area contributed by atoms with Gasteiger partial charge in [-0.1, -0.05) is 0 Å². The first-order valence-corrected chi connectivity index (χ1v) is 4.91. The molecule has 1 heterocycles. The maximum absolute atomic E-state index is 13.5. The lowest BCUT2D eigenvalue weighted by Crippen LogP contribution is -2.02. The quantitative estimate of drug-likeness (QED) is 0.733. The van der Waals surface area contributed by atoms with Gasteiger partial charge in [0, 0.05) is 6.04 Å². The van der Waals surface area contributed by atoms with E-state index in [1.54, 1.807) is 0 Å². The second kappa shape index (κ2) is 3.45. The van der Waals surface area contributed by atoms with Gasteiger partial charge in [-0.25, -0.2) is 13.8 Å². The number of hydrogen-bond acceptors (Lipinski definition) is 1. The molecule has 0 aliphatic heterocycles. The molecule has 0 fully saturated rings. The van der Waals surface area contributed by atoms with Gasteiger partial charge in [0.2, 0.25) is 5.28 Å². The Bertz CT molecular complexity index is 520. The summed E-state index contributed by atoms with van der Waals surface area (Å²) >= 11 is 5.85. The van der Waals surface area contributed by atoms with Gasteiger partial charge in [0.05, 0.1) is 5.52 Å². The van der Waals surface area contributed by atoms with E-state index in [4.69, 9.17) is 11.6 Å². The summed E-state index contributed by atoms with van der Waals surface area (Å²) in [5, 5.41) is 0.171. The summed E-state index contributed by atoms with van der Waals surface area (Å²) in [6, 6.07) is 2.39. The topological polar surface area (TPSA) is 17.8 Å². The maximum atomic E-state index is 13.5. The zero-order chi connectivity index (χ0) is 11.2. The monoisotopic (exact) mass is 230 g/mol. The highest BCUT2D eigenvalue weighted by Gasteiger charge is 2.17. The molecule has 0 aliphatic carbocycles. The lowest BCUT2D eigenvalue weighted by molar-refractivity contribution is 0.506. The zero-order valence-corrected chi connectivity index (χ0v) is 9.02. The third kappa shape index (κ3) is 1.49. The lowest BCUT2D eigenvalue weighted by Gasteiger charge is -2.09. The fourth-order valence-electron chi connectivity index (χ4n) is 1.57. The Kier molecular flexibility index (Phi) is 2.38. The number of benzene rings is 1. The molecule has 0 radical (unpaired) electrons. The minimum absolute atomic E-state index is 0.0706. The van der Waals surface area contributed by atoms with E-state index < -0.39 is 11.6 Å². The number of nitrogens with zero attached hydrogens (tertiary/aromatic N) is 2.